The fourth-order valence-electron chi connectivity index (χ4n) is 4.35. The van der Waals surface area contributed by atoms with E-state index in [2.05, 4.69) is 10.6 Å². The lowest BCUT2D eigenvalue weighted by Crippen LogP contribution is -2.51. The van der Waals surface area contributed by atoms with Gasteiger partial charge >= 0.3 is 0 Å². The maximum Gasteiger partial charge on any atom is 0.219 e. The number of ether oxygens (including phenoxy) is 1. The largest absolute Gasteiger partial charge is 0.379 e. The Morgan fingerprint density at radius 3 is 2.77 bits per heavy atom. The van der Waals surface area contributed by atoms with Crippen LogP contribution in [-0.2, 0) is 9.53 Å². The van der Waals surface area contributed by atoms with Gasteiger partial charge in [-0.25, -0.2) is 0 Å². The molecule has 3 aliphatic rings. The number of rotatable bonds is 4. The third kappa shape index (κ3) is 4.00. The van der Waals surface area contributed by atoms with Gasteiger partial charge in [-0.15, -0.1) is 0 Å². The van der Waals surface area contributed by atoms with Gasteiger partial charge in [0, 0.05) is 38.6 Å². The Labute approximate surface area is 134 Å². The molecule has 0 spiro atoms. The third-order valence-electron chi connectivity index (χ3n) is 5.77. The van der Waals surface area contributed by atoms with Crippen LogP contribution in [0.3, 0.4) is 0 Å². The van der Waals surface area contributed by atoms with Crippen LogP contribution in [0.5, 0.6) is 0 Å². The topological polar surface area (TPSA) is 53.6 Å². The maximum absolute atomic E-state index is 11.4. The molecule has 2 heterocycles. The van der Waals surface area contributed by atoms with E-state index in [1.54, 1.807) is 6.92 Å². The smallest absolute Gasteiger partial charge is 0.219 e. The first kappa shape index (κ1) is 16.2. The first-order valence-electron chi connectivity index (χ1n) is 9.04. The van der Waals surface area contributed by atoms with E-state index in [0.29, 0.717) is 12.1 Å². The zero-order valence-corrected chi connectivity index (χ0v) is 13.9. The zero-order chi connectivity index (χ0) is 15.4. The van der Waals surface area contributed by atoms with E-state index < -0.39 is 0 Å². The predicted octanol–water partition coefficient (Wildman–Crippen LogP) is 0.992. The lowest BCUT2D eigenvalue weighted by molar-refractivity contribution is -0.130. The van der Waals surface area contributed by atoms with Gasteiger partial charge in [0.05, 0.1) is 13.2 Å². The molecule has 0 aromatic heterocycles. The summed E-state index contributed by atoms with van der Waals surface area (Å²) in [4.78, 5) is 13.4. The van der Waals surface area contributed by atoms with Gasteiger partial charge in [0.2, 0.25) is 5.91 Å². The highest BCUT2D eigenvalue weighted by atomic mass is 16.5. The van der Waals surface area contributed by atoms with Gasteiger partial charge in [0.15, 0.2) is 0 Å². The van der Waals surface area contributed by atoms with Crippen molar-refractivity contribution in [3.63, 3.8) is 0 Å². The molecule has 2 N–H and O–H groups in total. The number of morpholine rings is 1. The molecule has 126 valence electrons. The van der Waals surface area contributed by atoms with Crippen LogP contribution in [0.1, 0.15) is 39.0 Å². The first-order chi connectivity index (χ1) is 10.7. The Morgan fingerprint density at radius 1 is 1.27 bits per heavy atom. The van der Waals surface area contributed by atoms with Crippen molar-refractivity contribution in [2.24, 2.45) is 11.8 Å². The van der Waals surface area contributed by atoms with Gasteiger partial charge in [-0.05, 0) is 44.1 Å². The predicted molar refractivity (Wildman–Crippen MR) is 86.7 cm³/mol. The Balaban J connectivity index is 1.42. The van der Waals surface area contributed by atoms with Crippen molar-refractivity contribution in [3.8, 4) is 0 Å². The highest BCUT2D eigenvalue weighted by Gasteiger charge is 2.34. The molecule has 5 heteroatoms. The number of piperidine rings is 1. The van der Waals surface area contributed by atoms with Crippen molar-refractivity contribution >= 4 is 5.91 Å². The molecule has 0 bridgehead atoms. The summed E-state index contributed by atoms with van der Waals surface area (Å²) >= 11 is 0. The molecule has 1 aliphatic carbocycles. The number of carbonyl (C=O) groups is 1. The van der Waals surface area contributed by atoms with Gasteiger partial charge in [0.1, 0.15) is 0 Å². The quantitative estimate of drug-likeness (QED) is 0.813. The summed E-state index contributed by atoms with van der Waals surface area (Å²) in [7, 11) is 0. The molecule has 2 saturated heterocycles. The SMILES string of the molecule is CC(=O)N1CCC(CNC2CCCC2C2COCCN2)CC1. The summed E-state index contributed by atoms with van der Waals surface area (Å²) in [6.45, 7) is 7.40. The van der Waals surface area contributed by atoms with E-state index in [4.69, 9.17) is 4.74 Å². The fraction of sp³-hybridized carbons (Fsp3) is 0.941. The highest BCUT2D eigenvalue weighted by Crippen LogP contribution is 2.30. The van der Waals surface area contributed by atoms with Crippen LogP contribution < -0.4 is 10.6 Å². The molecule has 0 radical (unpaired) electrons. The van der Waals surface area contributed by atoms with Crippen LogP contribution in [-0.4, -0.2) is 62.3 Å². The molecule has 0 aromatic rings. The standard InChI is InChI=1S/C17H31N3O2/c1-13(21)20-8-5-14(6-9-20)11-19-16-4-2-3-15(16)17-12-22-10-7-18-17/h14-19H,2-12H2,1H3. The maximum atomic E-state index is 11.4. The van der Waals surface area contributed by atoms with Crippen LogP contribution in [0.4, 0.5) is 0 Å². The summed E-state index contributed by atoms with van der Waals surface area (Å²) in [5.41, 5.74) is 0. The van der Waals surface area contributed by atoms with Crippen molar-refractivity contribution in [1.82, 2.24) is 15.5 Å². The van der Waals surface area contributed by atoms with Crippen LogP contribution in [0, 0.1) is 11.8 Å². The number of amides is 1. The normalized spacial score (nSPS) is 34.0. The summed E-state index contributed by atoms with van der Waals surface area (Å²) in [6, 6.07) is 1.18. The van der Waals surface area contributed by atoms with Gasteiger partial charge in [-0.2, -0.15) is 0 Å². The van der Waals surface area contributed by atoms with Crippen molar-refractivity contribution in [2.45, 2.75) is 51.1 Å². The van der Waals surface area contributed by atoms with Gasteiger partial charge in [0.25, 0.3) is 0 Å². The van der Waals surface area contributed by atoms with Gasteiger partial charge < -0.3 is 20.3 Å². The third-order valence-corrected chi connectivity index (χ3v) is 5.77. The minimum atomic E-state index is 0.227. The first-order valence-corrected chi connectivity index (χ1v) is 9.04. The Morgan fingerprint density at radius 2 is 2.09 bits per heavy atom. The lowest BCUT2D eigenvalue weighted by Gasteiger charge is -2.35. The Kier molecular flexibility index (Phi) is 5.71. The number of nitrogens with zero attached hydrogens (tertiary/aromatic N) is 1. The van der Waals surface area contributed by atoms with Crippen molar-refractivity contribution in [2.75, 3.05) is 39.4 Å². The number of hydrogen-bond donors (Lipinski definition) is 2. The lowest BCUT2D eigenvalue weighted by atomic mass is 9.92. The van der Waals surface area contributed by atoms with Crippen LogP contribution >= 0.6 is 0 Å². The van der Waals surface area contributed by atoms with E-state index in [9.17, 15) is 4.79 Å². The molecular weight excluding hydrogens is 278 g/mol. The molecular formula is C17H31N3O2. The molecule has 5 nitrogen and oxygen atoms in total. The Bertz CT molecular complexity index is 363. The second-order valence-corrected chi connectivity index (χ2v) is 7.19. The minimum Gasteiger partial charge on any atom is -0.379 e. The summed E-state index contributed by atoms with van der Waals surface area (Å²) in [5, 5.41) is 7.48. The van der Waals surface area contributed by atoms with Crippen molar-refractivity contribution < 1.29 is 9.53 Å². The average molecular weight is 309 g/mol. The van der Waals surface area contributed by atoms with Crippen molar-refractivity contribution in [3.05, 3.63) is 0 Å². The molecule has 22 heavy (non-hydrogen) atoms. The molecule has 2 aliphatic heterocycles. The van der Waals surface area contributed by atoms with E-state index >= 15 is 0 Å². The molecule has 1 saturated carbocycles. The van der Waals surface area contributed by atoms with E-state index in [1.807, 2.05) is 4.90 Å². The number of likely N-dealkylation sites (tertiary alicyclic amines) is 1. The molecule has 3 rings (SSSR count). The summed E-state index contributed by atoms with van der Waals surface area (Å²) in [6.07, 6.45) is 6.25. The number of nitrogens with one attached hydrogen (secondary N) is 2. The second-order valence-electron chi connectivity index (χ2n) is 7.19. The fourth-order valence-corrected chi connectivity index (χ4v) is 4.35. The molecule has 3 fully saturated rings. The second kappa shape index (κ2) is 7.75. The molecule has 0 aromatic carbocycles. The highest BCUT2D eigenvalue weighted by molar-refractivity contribution is 5.73. The molecule has 3 atom stereocenters. The van der Waals surface area contributed by atoms with Crippen LogP contribution in [0.15, 0.2) is 0 Å². The van der Waals surface area contributed by atoms with E-state index in [1.165, 1.54) is 19.3 Å². The van der Waals surface area contributed by atoms with Gasteiger partial charge in [-0.3, -0.25) is 4.79 Å². The zero-order valence-electron chi connectivity index (χ0n) is 13.9. The molecule has 3 unspecified atom stereocenters. The Hall–Kier alpha value is -0.650. The molecule has 1 amide bonds. The summed E-state index contributed by atoms with van der Waals surface area (Å²) in [5.74, 6) is 1.68. The minimum absolute atomic E-state index is 0.227. The monoisotopic (exact) mass is 309 g/mol. The van der Waals surface area contributed by atoms with Crippen molar-refractivity contribution in [1.29, 1.82) is 0 Å². The number of carbonyl (C=O) groups excluding carboxylic acids is 1. The van der Waals surface area contributed by atoms with Gasteiger partial charge in [-0.1, -0.05) is 6.42 Å². The summed E-state index contributed by atoms with van der Waals surface area (Å²) < 4.78 is 5.64. The van der Waals surface area contributed by atoms with E-state index in [0.717, 1.165) is 64.1 Å². The van der Waals surface area contributed by atoms with Crippen LogP contribution in [0.2, 0.25) is 0 Å². The average Bonchev–Trinajstić information content (AvgIpc) is 3.02. The van der Waals surface area contributed by atoms with E-state index in [-0.39, 0.29) is 5.91 Å². The number of hydrogen-bond acceptors (Lipinski definition) is 4. The van der Waals surface area contributed by atoms with Crippen LogP contribution in [0.25, 0.3) is 0 Å².